The van der Waals surface area contributed by atoms with Crippen molar-refractivity contribution in [3.05, 3.63) is 24.3 Å². The molecule has 3 N–H and O–H groups in total. The zero-order valence-corrected chi connectivity index (χ0v) is 12.3. The van der Waals surface area contributed by atoms with Crippen LogP contribution in [-0.2, 0) is 14.6 Å². The minimum Gasteiger partial charge on any atom is -0.399 e. The fraction of sp³-hybridized carbons (Fsp3) is 0.500. The predicted octanol–water partition coefficient (Wildman–Crippen LogP) is 1.49. The molecule has 0 aliphatic heterocycles. The van der Waals surface area contributed by atoms with Crippen LogP contribution in [-0.4, -0.2) is 25.6 Å². The van der Waals surface area contributed by atoms with Crippen molar-refractivity contribution in [2.75, 3.05) is 5.73 Å². The second-order valence-electron chi connectivity index (χ2n) is 5.25. The molecule has 1 atom stereocenters. The second-order valence-corrected chi connectivity index (χ2v) is 7.52. The molecule has 0 radical (unpaired) electrons. The van der Waals surface area contributed by atoms with Crippen molar-refractivity contribution < 1.29 is 13.2 Å². The van der Waals surface area contributed by atoms with Gasteiger partial charge >= 0.3 is 0 Å². The topological polar surface area (TPSA) is 89.3 Å². The highest BCUT2D eigenvalue weighted by molar-refractivity contribution is 7.92. The molecule has 1 aliphatic carbocycles. The summed E-state index contributed by atoms with van der Waals surface area (Å²) in [5.74, 6) is -0.431. The number of sulfone groups is 1. The molecule has 1 aliphatic rings. The van der Waals surface area contributed by atoms with E-state index in [-0.39, 0.29) is 10.9 Å². The lowest BCUT2D eigenvalue weighted by Gasteiger charge is -2.17. The van der Waals surface area contributed by atoms with Crippen molar-refractivity contribution in [1.29, 1.82) is 0 Å². The van der Waals surface area contributed by atoms with Gasteiger partial charge in [0, 0.05) is 11.7 Å². The molecule has 2 rings (SSSR count). The number of hydrogen-bond acceptors (Lipinski definition) is 4. The molecular formula is C14H20N2O3S. The lowest BCUT2D eigenvalue weighted by molar-refractivity contribution is -0.121. The highest BCUT2D eigenvalue weighted by atomic mass is 32.2. The number of amides is 1. The summed E-state index contributed by atoms with van der Waals surface area (Å²) in [4.78, 5) is 12.2. The van der Waals surface area contributed by atoms with Crippen LogP contribution in [0.5, 0.6) is 0 Å². The number of carbonyl (C=O) groups is 1. The number of benzene rings is 1. The average Bonchev–Trinajstić information content (AvgIpc) is 2.90. The maximum absolute atomic E-state index is 12.4. The Bertz CT molecular complexity index is 592. The Labute approximate surface area is 119 Å². The van der Waals surface area contributed by atoms with Crippen LogP contribution >= 0.6 is 0 Å². The first-order chi connectivity index (χ1) is 9.41. The minimum absolute atomic E-state index is 0.0894. The molecule has 1 aromatic carbocycles. The number of anilines is 1. The number of nitrogens with two attached hydrogens (primary N) is 1. The van der Waals surface area contributed by atoms with E-state index in [1.54, 1.807) is 12.1 Å². The molecule has 1 unspecified atom stereocenters. The van der Waals surface area contributed by atoms with Gasteiger partial charge in [0.05, 0.1) is 4.90 Å². The molecule has 1 amide bonds. The normalized spacial score (nSPS) is 17.9. The molecule has 1 saturated carbocycles. The van der Waals surface area contributed by atoms with E-state index in [4.69, 9.17) is 5.73 Å². The monoisotopic (exact) mass is 296 g/mol. The summed E-state index contributed by atoms with van der Waals surface area (Å²) in [6.07, 6.45) is 4.02. The molecule has 0 spiro atoms. The number of nitrogens with one attached hydrogen (secondary N) is 1. The summed E-state index contributed by atoms with van der Waals surface area (Å²) in [6.45, 7) is 1.42. The Morgan fingerprint density at radius 1 is 1.35 bits per heavy atom. The van der Waals surface area contributed by atoms with Crippen LogP contribution in [0.25, 0.3) is 0 Å². The maximum Gasteiger partial charge on any atom is 0.238 e. The van der Waals surface area contributed by atoms with Gasteiger partial charge in [-0.25, -0.2) is 8.42 Å². The second kappa shape index (κ2) is 5.83. The zero-order valence-electron chi connectivity index (χ0n) is 11.5. The van der Waals surface area contributed by atoms with Gasteiger partial charge in [-0.1, -0.05) is 18.9 Å². The van der Waals surface area contributed by atoms with Gasteiger partial charge in [0.1, 0.15) is 5.25 Å². The Hall–Kier alpha value is -1.56. The summed E-state index contributed by atoms with van der Waals surface area (Å²) < 4.78 is 24.8. The van der Waals surface area contributed by atoms with E-state index in [1.807, 2.05) is 0 Å². The lowest BCUT2D eigenvalue weighted by Crippen LogP contribution is -2.42. The maximum atomic E-state index is 12.4. The Morgan fingerprint density at radius 3 is 2.60 bits per heavy atom. The first-order valence-corrected chi connectivity index (χ1v) is 8.35. The van der Waals surface area contributed by atoms with Crippen molar-refractivity contribution in [1.82, 2.24) is 5.32 Å². The SMILES string of the molecule is CC(C(=O)NC1CCCC1)S(=O)(=O)c1cccc(N)c1. The van der Waals surface area contributed by atoms with Crippen molar-refractivity contribution in [3.8, 4) is 0 Å². The van der Waals surface area contributed by atoms with E-state index in [9.17, 15) is 13.2 Å². The number of hydrogen-bond donors (Lipinski definition) is 2. The Kier molecular flexibility index (Phi) is 4.32. The molecule has 0 aromatic heterocycles. The Morgan fingerprint density at radius 2 is 2.00 bits per heavy atom. The van der Waals surface area contributed by atoms with Gasteiger partial charge in [0.2, 0.25) is 5.91 Å². The third-order valence-corrected chi connectivity index (χ3v) is 5.78. The molecule has 1 aromatic rings. The van der Waals surface area contributed by atoms with E-state index in [0.717, 1.165) is 25.7 Å². The standard InChI is InChI=1S/C14H20N2O3S/c1-10(14(17)16-12-6-2-3-7-12)20(18,19)13-8-4-5-11(15)9-13/h4-5,8-10,12H,2-3,6-7,15H2,1H3,(H,16,17). The van der Waals surface area contributed by atoms with Crippen molar-refractivity contribution in [3.63, 3.8) is 0 Å². The predicted molar refractivity (Wildman–Crippen MR) is 77.9 cm³/mol. The largest absolute Gasteiger partial charge is 0.399 e. The lowest BCUT2D eigenvalue weighted by atomic mass is 10.2. The summed E-state index contributed by atoms with van der Waals surface area (Å²) in [6, 6.07) is 6.15. The van der Waals surface area contributed by atoms with Crippen LogP contribution in [0.1, 0.15) is 32.6 Å². The van der Waals surface area contributed by atoms with E-state index in [1.165, 1.54) is 19.1 Å². The van der Waals surface area contributed by atoms with Crippen LogP contribution in [0.4, 0.5) is 5.69 Å². The summed E-state index contributed by atoms with van der Waals surface area (Å²) in [5.41, 5.74) is 5.97. The third-order valence-electron chi connectivity index (χ3n) is 3.72. The fourth-order valence-corrected chi connectivity index (χ4v) is 3.75. The van der Waals surface area contributed by atoms with Gasteiger partial charge in [-0.05, 0) is 38.0 Å². The minimum atomic E-state index is -3.69. The molecule has 0 bridgehead atoms. The van der Waals surface area contributed by atoms with E-state index in [2.05, 4.69) is 5.32 Å². The summed E-state index contributed by atoms with van der Waals surface area (Å²) >= 11 is 0. The molecule has 110 valence electrons. The van der Waals surface area contributed by atoms with Gasteiger partial charge in [-0.15, -0.1) is 0 Å². The van der Waals surface area contributed by atoms with Crippen LogP contribution in [0.2, 0.25) is 0 Å². The molecule has 0 heterocycles. The van der Waals surface area contributed by atoms with Crippen molar-refractivity contribution in [2.24, 2.45) is 0 Å². The molecule has 6 heteroatoms. The number of carbonyl (C=O) groups excluding carboxylic acids is 1. The molecule has 5 nitrogen and oxygen atoms in total. The fourth-order valence-electron chi connectivity index (χ4n) is 2.43. The van der Waals surface area contributed by atoms with Crippen LogP contribution in [0.3, 0.4) is 0 Å². The molecule has 20 heavy (non-hydrogen) atoms. The molecular weight excluding hydrogens is 276 g/mol. The van der Waals surface area contributed by atoms with Gasteiger partial charge in [-0.2, -0.15) is 0 Å². The van der Waals surface area contributed by atoms with Gasteiger partial charge in [-0.3, -0.25) is 4.79 Å². The van der Waals surface area contributed by atoms with Crippen LogP contribution < -0.4 is 11.1 Å². The van der Waals surface area contributed by atoms with Gasteiger partial charge in [0.15, 0.2) is 9.84 Å². The van der Waals surface area contributed by atoms with E-state index < -0.39 is 21.0 Å². The molecule has 1 fully saturated rings. The first kappa shape index (κ1) is 14.8. The quantitative estimate of drug-likeness (QED) is 0.824. The zero-order chi connectivity index (χ0) is 14.8. The van der Waals surface area contributed by atoms with Crippen LogP contribution in [0, 0.1) is 0 Å². The van der Waals surface area contributed by atoms with E-state index >= 15 is 0 Å². The highest BCUT2D eigenvalue weighted by Gasteiger charge is 2.31. The Balaban J connectivity index is 2.14. The smallest absolute Gasteiger partial charge is 0.238 e. The number of rotatable bonds is 4. The van der Waals surface area contributed by atoms with Crippen molar-refractivity contribution in [2.45, 2.75) is 48.8 Å². The van der Waals surface area contributed by atoms with Gasteiger partial charge in [0.25, 0.3) is 0 Å². The number of nitrogen functional groups attached to an aromatic ring is 1. The van der Waals surface area contributed by atoms with Gasteiger partial charge < -0.3 is 11.1 Å². The van der Waals surface area contributed by atoms with Crippen LogP contribution in [0.15, 0.2) is 29.2 Å². The van der Waals surface area contributed by atoms with Crippen molar-refractivity contribution >= 4 is 21.4 Å². The van der Waals surface area contributed by atoms with E-state index in [0.29, 0.717) is 5.69 Å². The molecule has 0 saturated heterocycles. The third kappa shape index (κ3) is 3.12. The highest BCUT2D eigenvalue weighted by Crippen LogP contribution is 2.21. The summed E-state index contributed by atoms with van der Waals surface area (Å²) in [7, 11) is -3.69. The summed E-state index contributed by atoms with van der Waals surface area (Å²) in [5, 5.41) is 1.71. The average molecular weight is 296 g/mol. The first-order valence-electron chi connectivity index (χ1n) is 6.81.